The zero-order valence-electron chi connectivity index (χ0n) is 22.0. The van der Waals surface area contributed by atoms with Crippen LogP contribution < -0.4 is 9.64 Å². The van der Waals surface area contributed by atoms with Gasteiger partial charge in [-0.15, -0.1) is 0 Å². The molecule has 4 aromatic rings. The predicted octanol–water partition coefficient (Wildman–Crippen LogP) is 5.27. The summed E-state index contributed by atoms with van der Waals surface area (Å²) in [6.45, 7) is 1.89. The van der Waals surface area contributed by atoms with Crippen LogP contribution in [0, 0.1) is 10.1 Å². The van der Waals surface area contributed by atoms with E-state index in [9.17, 15) is 38.3 Å². The van der Waals surface area contributed by atoms with Crippen LogP contribution in [0.4, 0.5) is 10.8 Å². The number of hydrogen-bond acceptors (Lipinski definition) is 11. The van der Waals surface area contributed by atoms with Gasteiger partial charge in [0.15, 0.2) is 16.6 Å². The molecule has 2 heterocycles. The number of non-ortho nitro benzene ring substituents is 1. The number of Topliss-reactive ketones (excluding diaryl/α,β-unsaturated/α-hetero) is 1. The van der Waals surface area contributed by atoms with Gasteiger partial charge in [0.25, 0.3) is 11.5 Å². The minimum atomic E-state index is -4.22. The van der Waals surface area contributed by atoms with E-state index in [1.54, 1.807) is 6.92 Å². The fourth-order valence-electron chi connectivity index (χ4n) is 4.43. The summed E-state index contributed by atoms with van der Waals surface area (Å²) in [6, 6.07) is 13.0. The summed E-state index contributed by atoms with van der Waals surface area (Å²) < 4.78 is 31.8. The van der Waals surface area contributed by atoms with E-state index in [1.807, 2.05) is 0 Å². The Balaban J connectivity index is 1.65. The summed E-state index contributed by atoms with van der Waals surface area (Å²) >= 11 is 6.57. The quantitative estimate of drug-likeness (QED) is 0.0847. The molecule has 0 aliphatic carbocycles. The first-order chi connectivity index (χ1) is 20.4. The van der Waals surface area contributed by atoms with E-state index in [0.717, 1.165) is 35.4 Å². The number of nitro groups is 1. The SMILES string of the molecule is CCOc1cc([C@H]2C(=C(O)c3ccc(Cl)cc3)C(=O)C(=O)N2c2ncc(S(=O)(=O)c3ccc([N+](=O)[O-])cc3)s2)ccc1O. The van der Waals surface area contributed by atoms with Crippen molar-refractivity contribution >= 4 is 61.0 Å². The molecule has 1 atom stereocenters. The number of phenolic OH excluding ortho intramolecular Hbond substituents is 1. The van der Waals surface area contributed by atoms with Gasteiger partial charge in [-0.1, -0.05) is 29.0 Å². The minimum Gasteiger partial charge on any atom is -0.507 e. The van der Waals surface area contributed by atoms with Gasteiger partial charge >= 0.3 is 5.91 Å². The lowest BCUT2D eigenvalue weighted by Gasteiger charge is -2.23. The smallest absolute Gasteiger partial charge is 0.301 e. The molecule has 1 saturated heterocycles. The number of aliphatic hydroxyl groups excluding tert-OH is 1. The third-order valence-corrected chi connectivity index (χ3v) is 9.94. The van der Waals surface area contributed by atoms with E-state index < -0.39 is 38.3 Å². The first-order valence-electron chi connectivity index (χ1n) is 12.4. The van der Waals surface area contributed by atoms with Crippen LogP contribution in [0.2, 0.25) is 5.02 Å². The summed E-state index contributed by atoms with van der Waals surface area (Å²) in [5, 5.41) is 32.7. The number of aliphatic hydroxyl groups is 1. The zero-order valence-corrected chi connectivity index (χ0v) is 24.4. The van der Waals surface area contributed by atoms with Gasteiger partial charge in [-0.05, 0) is 61.0 Å². The molecule has 1 aromatic heterocycles. The number of halogens is 1. The highest BCUT2D eigenvalue weighted by atomic mass is 35.5. The third-order valence-electron chi connectivity index (χ3n) is 6.46. The highest BCUT2D eigenvalue weighted by Crippen LogP contribution is 2.45. The van der Waals surface area contributed by atoms with Gasteiger partial charge in [0.05, 0.1) is 34.2 Å². The van der Waals surface area contributed by atoms with Crippen molar-refractivity contribution in [2.75, 3.05) is 11.5 Å². The van der Waals surface area contributed by atoms with Gasteiger partial charge in [0.1, 0.15) is 9.97 Å². The maximum absolute atomic E-state index is 13.5. The number of aromatic nitrogens is 1. The molecular formula is C28H20ClN3O9S2. The number of ketones is 1. The second kappa shape index (κ2) is 11.5. The number of nitro benzene ring substituents is 1. The fraction of sp³-hybridized carbons (Fsp3) is 0.107. The van der Waals surface area contributed by atoms with Crippen LogP contribution in [-0.4, -0.2) is 46.8 Å². The number of rotatable bonds is 8. The predicted molar refractivity (Wildman–Crippen MR) is 156 cm³/mol. The molecule has 1 aliphatic rings. The summed E-state index contributed by atoms with van der Waals surface area (Å²) in [5.74, 6) is -2.80. The van der Waals surface area contributed by atoms with Crippen molar-refractivity contribution < 1.29 is 37.9 Å². The molecule has 0 radical (unpaired) electrons. The van der Waals surface area contributed by atoms with Crippen molar-refractivity contribution in [3.8, 4) is 11.5 Å². The largest absolute Gasteiger partial charge is 0.507 e. The molecule has 0 unspecified atom stereocenters. The Bertz CT molecular complexity index is 1900. The number of ether oxygens (including phenoxy) is 1. The Hall–Kier alpha value is -4.79. The Morgan fingerprint density at radius 3 is 2.42 bits per heavy atom. The molecule has 1 fully saturated rings. The second-order valence-corrected chi connectivity index (χ2v) is 12.7. The highest BCUT2D eigenvalue weighted by Gasteiger charge is 2.48. The van der Waals surface area contributed by atoms with Crippen LogP contribution >= 0.6 is 22.9 Å². The Kier molecular flexibility index (Phi) is 7.92. The molecule has 12 nitrogen and oxygen atoms in total. The first kappa shape index (κ1) is 29.7. The summed E-state index contributed by atoms with van der Waals surface area (Å²) in [4.78, 5) is 42.1. The molecule has 0 spiro atoms. The Morgan fingerprint density at radius 2 is 1.79 bits per heavy atom. The van der Waals surface area contributed by atoms with Crippen LogP contribution in [0.1, 0.15) is 24.1 Å². The van der Waals surface area contributed by atoms with Crippen LogP contribution in [0.3, 0.4) is 0 Å². The van der Waals surface area contributed by atoms with Crippen molar-refractivity contribution in [1.29, 1.82) is 0 Å². The van der Waals surface area contributed by atoms with Crippen molar-refractivity contribution in [2.45, 2.75) is 22.1 Å². The van der Waals surface area contributed by atoms with Gasteiger partial charge in [-0.3, -0.25) is 24.6 Å². The molecule has 1 aliphatic heterocycles. The van der Waals surface area contributed by atoms with E-state index in [0.29, 0.717) is 16.4 Å². The fourth-order valence-corrected chi connectivity index (χ4v) is 7.10. The number of carbonyl (C=O) groups is 2. The number of phenols is 1. The Labute approximate surface area is 253 Å². The zero-order chi connectivity index (χ0) is 31.1. The van der Waals surface area contributed by atoms with Crippen LogP contribution in [0.25, 0.3) is 5.76 Å². The minimum absolute atomic E-state index is 0.0534. The molecule has 0 saturated carbocycles. The molecular weight excluding hydrogens is 622 g/mol. The van der Waals surface area contributed by atoms with Gasteiger partial charge in [-0.25, -0.2) is 13.4 Å². The van der Waals surface area contributed by atoms with Crippen molar-refractivity contribution in [3.63, 3.8) is 0 Å². The molecule has 2 N–H and O–H groups in total. The van der Waals surface area contributed by atoms with Gasteiger partial charge in [0.2, 0.25) is 9.84 Å². The Morgan fingerprint density at radius 1 is 1.12 bits per heavy atom. The number of amides is 1. The molecule has 1 amide bonds. The van der Waals surface area contributed by atoms with Crippen molar-refractivity contribution in [2.24, 2.45) is 0 Å². The van der Waals surface area contributed by atoms with Gasteiger partial charge in [-0.2, -0.15) is 0 Å². The van der Waals surface area contributed by atoms with Crippen LogP contribution in [0.5, 0.6) is 11.5 Å². The number of nitrogens with zero attached hydrogens (tertiary/aromatic N) is 3. The lowest BCUT2D eigenvalue weighted by Crippen LogP contribution is -2.29. The van der Waals surface area contributed by atoms with E-state index in [2.05, 4.69) is 4.98 Å². The van der Waals surface area contributed by atoms with Crippen molar-refractivity contribution in [3.05, 3.63) is 105 Å². The molecule has 43 heavy (non-hydrogen) atoms. The number of aromatic hydroxyl groups is 1. The second-order valence-electron chi connectivity index (χ2n) is 9.05. The van der Waals surface area contributed by atoms with E-state index in [1.165, 1.54) is 42.5 Å². The first-order valence-corrected chi connectivity index (χ1v) is 15.1. The number of thiazole rings is 1. The number of anilines is 1. The maximum Gasteiger partial charge on any atom is 0.301 e. The lowest BCUT2D eigenvalue weighted by atomic mass is 9.95. The lowest BCUT2D eigenvalue weighted by molar-refractivity contribution is -0.384. The third kappa shape index (κ3) is 5.43. The summed E-state index contributed by atoms with van der Waals surface area (Å²) in [6.07, 6.45) is 1.01. The van der Waals surface area contributed by atoms with E-state index in [-0.39, 0.29) is 54.7 Å². The van der Waals surface area contributed by atoms with E-state index in [4.69, 9.17) is 16.3 Å². The molecule has 220 valence electrons. The molecule has 15 heteroatoms. The van der Waals surface area contributed by atoms with Gasteiger partial charge < -0.3 is 14.9 Å². The molecule has 5 rings (SSSR count). The average molecular weight is 642 g/mol. The monoisotopic (exact) mass is 641 g/mol. The maximum atomic E-state index is 13.5. The van der Waals surface area contributed by atoms with Crippen LogP contribution in [0.15, 0.2) is 87.6 Å². The number of benzene rings is 3. The number of carbonyl (C=O) groups excluding carboxylic acids is 2. The highest BCUT2D eigenvalue weighted by molar-refractivity contribution is 7.93. The summed E-state index contributed by atoms with van der Waals surface area (Å²) in [5.41, 5.74) is -0.161. The molecule has 0 bridgehead atoms. The van der Waals surface area contributed by atoms with Crippen LogP contribution in [-0.2, 0) is 19.4 Å². The standard InChI is InChI=1S/C28H20ClN3O9S2/c1-2-41-21-13-16(5-12-20(21)33)24-23(25(34)15-3-6-17(29)7-4-15)26(35)27(36)31(24)28-30-14-22(42-28)43(39,40)19-10-8-18(9-11-19)32(37)38/h3-14,24,33-34H,2H2,1H3/t24-/m0/s1. The number of sulfone groups is 1. The topological polar surface area (TPSA) is 177 Å². The summed E-state index contributed by atoms with van der Waals surface area (Å²) in [7, 11) is -4.22. The number of hydrogen-bond donors (Lipinski definition) is 2. The van der Waals surface area contributed by atoms with Crippen molar-refractivity contribution in [1.82, 2.24) is 4.98 Å². The normalized spacial score (nSPS) is 16.4. The average Bonchev–Trinajstić information content (AvgIpc) is 3.58. The van der Waals surface area contributed by atoms with Gasteiger partial charge in [0, 0.05) is 22.7 Å². The molecule has 3 aromatic carbocycles. The van der Waals surface area contributed by atoms with E-state index >= 15 is 0 Å².